The van der Waals surface area contributed by atoms with E-state index < -0.39 is 6.10 Å². The van der Waals surface area contributed by atoms with Crippen LogP contribution < -0.4 is 14.8 Å². The molecule has 0 bridgehead atoms. The Morgan fingerprint density at radius 3 is 2.33 bits per heavy atom. The molecule has 2 N–H and O–H groups in total. The summed E-state index contributed by atoms with van der Waals surface area (Å²) in [4.78, 5) is 0. The largest absolute Gasteiger partial charge is 0.491 e. The Hall–Kier alpha value is -2.04. The van der Waals surface area contributed by atoms with Crippen LogP contribution >= 0.6 is 0 Å². The third-order valence-corrected chi connectivity index (χ3v) is 4.31. The zero-order valence-electron chi connectivity index (χ0n) is 13.9. The van der Waals surface area contributed by atoms with E-state index in [4.69, 9.17) is 9.47 Å². The smallest absolute Gasteiger partial charge is 0.120 e. The minimum Gasteiger partial charge on any atom is -0.491 e. The lowest BCUT2D eigenvalue weighted by Crippen LogP contribution is -2.45. The van der Waals surface area contributed by atoms with Crippen molar-refractivity contribution in [2.75, 3.05) is 13.2 Å². The summed E-state index contributed by atoms with van der Waals surface area (Å²) in [7, 11) is 0. The first-order valence-electron chi connectivity index (χ1n) is 8.62. The topological polar surface area (TPSA) is 50.7 Å². The van der Waals surface area contributed by atoms with Crippen molar-refractivity contribution in [1.82, 2.24) is 5.32 Å². The van der Waals surface area contributed by atoms with Gasteiger partial charge in [0.25, 0.3) is 0 Å². The molecule has 1 aliphatic rings. The number of benzene rings is 2. The van der Waals surface area contributed by atoms with Gasteiger partial charge in [-0.05, 0) is 49.2 Å². The summed E-state index contributed by atoms with van der Waals surface area (Å²) in [6, 6.07) is 17.8. The molecule has 4 heteroatoms. The highest BCUT2D eigenvalue weighted by molar-refractivity contribution is 5.31. The van der Waals surface area contributed by atoms with Crippen LogP contribution in [0.5, 0.6) is 11.5 Å². The van der Waals surface area contributed by atoms with Gasteiger partial charge in [-0.25, -0.2) is 0 Å². The highest BCUT2D eigenvalue weighted by Crippen LogP contribution is 2.19. The summed E-state index contributed by atoms with van der Waals surface area (Å²) in [6.07, 6.45) is 2.90. The second-order valence-electron chi connectivity index (χ2n) is 6.18. The molecule has 1 heterocycles. The summed E-state index contributed by atoms with van der Waals surface area (Å²) in [5.74, 6) is 1.55. The van der Waals surface area contributed by atoms with Crippen molar-refractivity contribution in [2.45, 2.75) is 38.0 Å². The summed E-state index contributed by atoms with van der Waals surface area (Å²) in [5, 5.41) is 13.5. The predicted octanol–water partition coefficient (Wildman–Crippen LogP) is 3.15. The van der Waals surface area contributed by atoms with Crippen molar-refractivity contribution >= 4 is 0 Å². The molecule has 0 aliphatic carbocycles. The van der Waals surface area contributed by atoms with Crippen molar-refractivity contribution < 1.29 is 14.6 Å². The molecule has 0 saturated carbocycles. The predicted molar refractivity (Wildman–Crippen MR) is 94.4 cm³/mol. The number of hydrogen-bond acceptors (Lipinski definition) is 4. The number of ether oxygens (including phenoxy) is 2. The quantitative estimate of drug-likeness (QED) is 0.820. The lowest BCUT2D eigenvalue weighted by atomic mass is 10.0. The van der Waals surface area contributed by atoms with Gasteiger partial charge in [0.2, 0.25) is 0 Å². The molecule has 2 aromatic rings. The van der Waals surface area contributed by atoms with Gasteiger partial charge in [-0.15, -0.1) is 0 Å². The summed E-state index contributed by atoms with van der Waals surface area (Å²) in [5.41, 5.74) is 1.14. The maximum absolute atomic E-state index is 10.2. The van der Waals surface area contributed by atoms with Gasteiger partial charge in [-0.1, -0.05) is 36.8 Å². The van der Waals surface area contributed by atoms with Crippen molar-refractivity contribution in [1.29, 1.82) is 0 Å². The molecule has 1 saturated heterocycles. The van der Waals surface area contributed by atoms with Gasteiger partial charge in [0.15, 0.2) is 0 Å². The monoisotopic (exact) mass is 327 g/mol. The van der Waals surface area contributed by atoms with Gasteiger partial charge in [0, 0.05) is 6.04 Å². The Labute approximate surface area is 143 Å². The van der Waals surface area contributed by atoms with Crippen molar-refractivity contribution in [3.63, 3.8) is 0 Å². The number of aliphatic hydroxyl groups is 1. The van der Waals surface area contributed by atoms with Crippen LogP contribution in [0, 0.1) is 0 Å². The first-order valence-corrected chi connectivity index (χ1v) is 8.62. The number of aliphatic hydroxyl groups excluding tert-OH is 1. The highest BCUT2D eigenvalue weighted by atomic mass is 16.5. The van der Waals surface area contributed by atoms with E-state index in [0.717, 1.165) is 30.0 Å². The lowest BCUT2D eigenvalue weighted by molar-refractivity contribution is 0.0639. The normalized spacial score (nSPS) is 18.8. The summed E-state index contributed by atoms with van der Waals surface area (Å²) < 4.78 is 11.4. The van der Waals surface area contributed by atoms with E-state index >= 15 is 0 Å². The molecular weight excluding hydrogens is 302 g/mol. The van der Waals surface area contributed by atoms with E-state index in [0.29, 0.717) is 13.2 Å². The standard InChI is InChI=1S/C20H25NO3/c22-20(19-8-4-5-13-21-19)15-24-18-11-9-17(10-12-18)23-14-16-6-2-1-3-7-16/h1-3,6-7,9-12,19-22H,4-5,8,13-15H2/t19-,20+/m0/s1. The van der Waals surface area contributed by atoms with Crippen LogP contribution in [0.15, 0.2) is 54.6 Å². The van der Waals surface area contributed by atoms with E-state index in [1.165, 1.54) is 12.8 Å². The minimum absolute atomic E-state index is 0.146. The van der Waals surface area contributed by atoms with Crippen LogP contribution in [0.25, 0.3) is 0 Å². The molecule has 0 unspecified atom stereocenters. The van der Waals surface area contributed by atoms with Crippen LogP contribution in [0.1, 0.15) is 24.8 Å². The van der Waals surface area contributed by atoms with Crippen molar-refractivity contribution in [2.24, 2.45) is 0 Å². The van der Waals surface area contributed by atoms with Crippen molar-refractivity contribution in [3.8, 4) is 11.5 Å². The van der Waals surface area contributed by atoms with Gasteiger partial charge in [0.05, 0.1) is 0 Å². The Morgan fingerprint density at radius 1 is 0.958 bits per heavy atom. The maximum Gasteiger partial charge on any atom is 0.120 e. The molecule has 0 radical (unpaired) electrons. The fraction of sp³-hybridized carbons (Fsp3) is 0.400. The maximum atomic E-state index is 10.2. The summed E-state index contributed by atoms with van der Waals surface area (Å²) in [6.45, 7) is 1.84. The van der Waals surface area contributed by atoms with Crippen LogP contribution in [0.4, 0.5) is 0 Å². The van der Waals surface area contributed by atoms with Gasteiger partial charge in [0.1, 0.15) is 30.8 Å². The number of hydrogen-bond donors (Lipinski definition) is 2. The fourth-order valence-electron chi connectivity index (χ4n) is 2.88. The number of piperidine rings is 1. The minimum atomic E-state index is -0.473. The van der Waals surface area contributed by atoms with E-state index in [1.807, 2.05) is 54.6 Å². The Bertz CT molecular complexity index is 594. The third-order valence-electron chi connectivity index (χ3n) is 4.31. The van der Waals surface area contributed by atoms with Crippen LogP contribution in [0.2, 0.25) is 0 Å². The molecule has 2 aromatic carbocycles. The van der Waals surface area contributed by atoms with E-state index in [9.17, 15) is 5.11 Å². The molecule has 24 heavy (non-hydrogen) atoms. The number of rotatable bonds is 7. The fourth-order valence-corrected chi connectivity index (χ4v) is 2.88. The molecule has 1 fully saturated rings. The molecular formula is C20H25NO3. The third kappa shape index (κ3) is 4.98. The number of nitrogens with one attached hydrogen (secondary N) is 1. The second kappa shape index (κ2) is 8.71. The average molecular weight is 327 g/mol. The van der Waals surface area contributed by atoms with Gasteiger partial charge < -0.3 is 19.9 Å². The molecule has 0 aromatic heterocycles. The van der Waals surface area contributed by atoms with Crippen LogP contribution in [0.3, 0.4) is 0 Å². The lowest BCUT2D eigenvalue weighted by Gasteiger charge is -2.27. The van der Waals surface area contributed by atoms with Gasteiger partial charge >= 0.3 is 0 Å². The second-order valence-corrected chi connectivity index (χ2v) is 6.18. The molecule has 1 aliphatic heterocycles. The molecule has 0 spiro atoms. The summed E-state index contributed by atoms with van der Waals surface area (Å²) >= 11 is 0. The van der Waals surface area contributed by atoms with Gasteiger partial charge in [-0.2, -0.15) is 0 Å². The zero-order valence-corrected chi connectivity index (χ0v) is 13.9. The molecule has 4 nitrogen and oxygen atoms in total. The van der Waals surface area contributed by atoms with E-state index in [1.54, 1.807) is 0 Å². The van der Waals surface area contributed by atoms with Crippen LogP contribution in [-0.2, 0) is 6.61 Å². The average Bonchev–Trinajstić information content (AvgIpc) is 2.67. The highest BCUT2D eigenvalue weighted by Gasteiger charge is 2.21. The van der Waals surface area contributed by atoms with Crippen molar-refractivity contribution in [3.05, 3.63) is 60.2 Å². The Balaban J connectivity index is 1.44. The molecule has 3 rings (SSSR count). The molecule has 128 valence electrons. The Morgan fingerprint density at radius 2 is 1.67 bits per heavy atom. The van der Waals surface area contributed by atoms with Crippen LogP contribution in [-0.4, -0.2) is 30.4 Å². The molecule has 0 amide bonds. The van der Waals surface area contributed by atoms with E-state index in [2.05, 4.69) is 5.32 Å². The van der Waals surface area contributed by atoms with E-state index in [-0.39, 0.29) is 6.04 Å². The SMILES string of the molecule is O[C@H](COc1ccc(OCc2ccccc2)cc1)[C@@H]1CCCCN1. The Kier molecular flexibility index (Phi) is 6.10. The zero-order chi connectivity index (χ0) is 16.6. The molecule has 2 atom stereocenters. The van der Waals surface area contributed by atoms with Gasteiger partial charge in [-0.3, -0.25) is 0 Å². The first-order chi connectivity index (χ1) is 11.8. The first kappa shape index (κ1) is 16.8.